The molecule has 2 N–H and O–H groups in total. The zero-order chi connectivity index (χ0) is 19.8. The lowest BCUT2D eigenvalue weighted by molar-refractivity contribution is -0.117. The molecule has 1 unspecified atom stereocenters. The first-order valence-corrected chi connectivity index (χ1v) is 9.71. The van der Waals surface area contributed by atoms with Gasteiger partial charge in [-0.05, 0) is 43.2 Å². The molecule has 29 heavy (non-hydrogen) atoms. The van der Waals surface area contributed by atoms with Crippen LogP contribution in [0, 0.1) is 0 Å². The molecular weight excluding hydrogens is 479 g/mol. The second-order valence-corrected chi connectivity index (χ2v) is 6.86. The molecule has 0 spiro atoms. The molecular formula is C22H29IN4O2. The van der Waals surface area contributed by atoms with Gasteiger partial charge in [0.25, 0.3) is 0 Å². The van der Waals surface area contributed by atoms with Gasteiger partial charge in [0.2, 0.25) is 5.91 Å². The zero-order valence-electron chi connectivity index (χ0n) is 16.9. The average Bonchev–Trinajstić information content (AvgIpc) is 3.15. The van der Waals surface area contributed by atoms with Crippen LogP contribution in [0.25, 0.3) is 0 Å². The predicted octanol–water partition coefficient (Wildman–Crippen LogP) is 3.56. The van der Waals surface area contributed by atoms with E-state index in [1.165, 1.54) is 0 Å². The molecule has 1 fully saturated rings. The van der Waals surface area contributed by atoms with E-state index < -0.39 is 0 Å². The smallest absolute Gasteiger partial charge is 0.227 e. The molecule has 6 nitrogen and oxygen atoms in total. The van der Waals surface area contributed by atoms with Gasteiger partial charge in [0.15, 0.2) is 5.96 Å². The lowest BCUT2D eigenvalue weighted by Gasteiger charge is -2.18. The van der Waals surface area contributed by atoms with Gasteiger partial charge in [-0.25, -0.2) is 0 Å². The molecule has 0 aromatic heterocycles. The number of carbonyl (C=O) groups excluding carboxylic acids is 1. The van der Waals surface area contributed by atoms with Crippen LogP contribution in [-0.2, 0) is 11.3 Å². The number of nitrogens with one attached hydrogen (secondary N) is 2. The van der Waals surface area contributed by atoms with Crippen LogP contribution in [0.5, 0.6) is 5.75 Å². The van der Waals surface area contributed by atoms with Crippen molar-refractivity contribution in [3.05, 3.63) is 60.2 Å². The minimum atomic E-state index is 0. The summed E-state index contributed by atoms with van der Waals surface area (Å²) in [6.07, 6.45) is 1.60. The summed E-state index contributed by atoms with van der Waals surface area (Å²) >= 11 is 0. The Hall–Kier alpha value is -2.29. The number of carbonyl (C=O) groups is 1. The number of benzene rings is 2. The van der Waals surface area contributed by atoms with Crippen molar-refractivity contribution in [2.45, 2.75) is 32.4 Å². The minimum absolute atomic E-state index is 0. The van der Waals surface area contributed by atoms with E-state index in [0.717, 1.165) is 35.9 Å². The van der Waals surface area contributed by atoms with Gasteiger partial charge in [-0.3, -0.25) is 9.79 Å². The lowest BCUT2D eigenvalue weighted by atomic mass is 10.2. The van der Waals surface area contributed by atoms with E-state index in [-0.39, 0.29) is 36.0 Å². The quantitative estimate of drug-likeness (QED) is 0.341. The van der Waals surface area contributed by atoms with Crippen molar-refractivity contribution in [2.75, 3.05) is 25.0 Å². The van der Waals surface area contributed by atoms with Gasteiger partial charge in [-0.2, -0.15) is 0 Å². The van der Waals surface area contributed by atoms with Crippen LogP contribution in [0.4, 0.5) is 5.69 Å². The van der Waals surface area contributed by atoms with Crippen LogP contribution in [0.15, 0.2) is 59.6 Å². The lowest BCUT2D eigenvalue weighted by Crippen LogP contribution is -2.41. The van der Waals surface area contributed by atoms with Gasteiger partial charge < -0.3 is 20.3 Å². The van der Waals surface area contributed by atoms with E-state index in [9.17, 15) is 4.79 Å². The second-order valence-electron chi connectivity index (χ2n) is 6.86. The Morgan fingerprint density at radius 3 is 2.48 bits per heavy atom. The summed E-state index contributed by atoms with van der Waals surface area (Å²) in [5, 5.41) is 6.59. The molecule has 0 bridgehead atoms. The number of anilines is 1. The van der Waals surface area contributed by atoms with Crippen LogP contribution in [-0.4, -0.2) is 38.1 Å². The van der Waals surface area contributed by atoms with Gasteiger partial charge in [0.05, 0.1) is 6.54 Å². The number of rotatable bonds is 7. The molecule has 1 aliphatic rings. The minimum Gasteiger partial charge on any atom is -0.489 e. The Morgan fingerprint density at radius 1 is 1.14 bits per heavy atom. The molecule has 156 valence electrons. The van der Waals surface area contributed by atoms with E-state index in [2.05, 4.69) is 15.6 Å². The fourth-order valence-electron chi connectivity index (χ4n) is 3.13. The van der Waals surface area contributed by atoms with Crippen molar-refractivity contribution in [1.29, 1.82) is 0 Å². The Labute approximate surface area is 189 Å². The van der Waals surface area contributed by atoms with E-state index >= 15 is 0 Å². The summed E-state index contributed by atoms with van der Waals surface area (Å²) in [4.78, 5) is 17.9. The number of guanidine groups is 1. The summed E-state index contributed by atoms with van der Waals surface area (Å²) in [6, 6.07) is 17.9. The predicted molar refractivity (Wildman–Crippen MR) is 128 cm³/mol. The Bertz CT molecular complexity index is 796. The normalized spacial score (nSPS) is 14.9. The zero-order valence-corrected chi connectivity index (χ0v) is 19.3. The third-order valence-electron chi connectivity index (χ3n) is 4.64. The maximum absolute atomic E-state index is 11.8. The fourth-order valence-corrected chi connectivity index (χ4v) is 3.13. The highest BCUT2D eigenvalue weighted by molar-refractivity contribution is 14.0. The SMILES string of the molecule is CN=C(NCc1ccc(N2CCCC2=O)cc1)NCC(C)Oc1ccccc1.I. The molecule has 1 amide bonds. The van der Waals surface area contributed by atoms with Crippen molar-refractivity contribution in [1.82, 2.24) is 10.6 Å². The van der Waals surface area contributed by atoms with E-state index in [0.29, 0.717) is 19.5 Å². The van der Waals surface area contributed by atoms with Crippen LogP contribution < -0.4 is 20.3 Å². The van der Waals surface area contributed by atoms with Gasteiger partial charge >= 0.3 is 0 Å². The Kier molecular flexibility index (Phi) is 9.24. The Balaban J connectivity index is 0.00000300. The van der Waals surface area contributed by atoms with Crippen molar-refractivity contribution >= 4 is 41.5 Å². The number of nitrogens with zero attached hydrogens (tertiary/aromatic N) is 2. The van der Waals surface area contributed by atoms with E-state index in [1.54, 1.807) is 7.05 Å². The molecule has 0 radical (unpaired) electrons. The summed E-state index contributed by atoms with van der Waals surface area (Å²) in [6.45, 7) is 4.13. The molecule has 0 aliphatic carbocycles. The van der Waals surface area contributed by atoms with Crippen molar-refractivity contribution in [2.24, 2.45) is 4.99 Å². The van der Waals surface area contributed by atoms with Crippen molar-refractivity contribution in [3.63, 3.8) is 0 Å². The number of aliphatic imine (C=N–C) groups is 1. The topological polar surface area (TPSA) is 66.0 Å². The molecule has 3 rings (SSSR count). The molecule has 1 heterocycles. The largest absolute Gasteiger partial charge is 0.489 e. The molecule has 2 aromatic rings. The highest BCUT2D eigenvalue weighted by Crippen LogP contribution is 2.21. The monoisotopic (exact) mass is 508 g/mol. The standard InChI is InChI=1S/C22H28N4O2.HI/c1-17(28-20-7-4-3-5-8-20)15-24-22(23-2)25-16-18-10-12-19(13-11-18)26-14-6-9-21(26)27;/h3-5,7-8,10-13,17H,6,9,14-16H2,1-2H3,(H2,23,24,25);1H. The molecule has 1 atom stereocenters. The highest BCUT2D eigenvalue weighted by atomic mass is 127. The van der Waals surface area contributed by atoms with Crippen LogP contribution >= 0.6 is 24.0 Å². The number of ether oxygens (including phenoxy) is 1. The molecule has 2 aromatic carbocycles. The summed E-state index contributed by atoms with van der Waals surface area (Å²) in [5.41, 5.74) is 2.10. The summed E-state index contributed by atoms with van der Waals surface area (Å²) in [7, 11) is 1.75. The van der Waals surface area contributed by atoms with Crippen LogP contribution in [0.3, 0.4) is 0 Å². The van der Waals surface area contributed by atoms with Crippen LogP contribution in [0.2, 0.25) is 0 Å². The third kappa shape index (κ3) is 6.92. The molecule has 7 heteroatoms. The number of hydrogen-bond acceptors (Lipinski definition) is 3. The third-order valence-corrected chi connectivity index (χ3v) is 4.64. The van der Waals surface area contributed by atoms with E-state index in [4.69, 9.17) is 4.74 Å². The van der Waals surface area contributed by atoms with Gasteiger partial charge in [-0.15, -0.1) is 24.0 Å². The first-order chi connectivity index (χ1) is 13.7. The summed E-state index contributed by atoms with van der Waals surface area (Å²) in [5.74, 6) is 1.79. The Morgan fingerprint density at radius 2 is 1.86 bits per heavy atom. The second kappa shape index (κ2) is 11.6. The number of para-hydroxylation sites is 1. The fraction of sp³-hybridized carbons (Fsp3) is 0.364. The molecule has 0 saturated carbocycles. The first-order valence-electron chi connectivity index (χ1n) is 9.71. The molecule has 1 aliphatic heterocycles. The van der Waals surface area contributed by atoms with E-state index in [1.807, 2.05) is 66.4 Å². The molecule has 1 saturated heterocycles. The van der Waals surface area contributed by atoms with Crippen molar-refractivity contribution in [3.8, 4) is 5.75 Å². The van der Waals surface area contributed by atoms with Gasteiger partial charge in [-0.1, -0.05) is 30.3 Å². The van der Waals surface area contributed by atoms with Crippen molar-refractivity contribution < 1.29 is 9.53 Å². The number of amides is 1. The average molecular weight is 508 g/mol. The maximum Gasteiger partial charge on any atom is 0.227 e. The summed E-state index contributed by atoms with van der Waals surface area (Å²) < 4.78 is 5.87. The van der Waals surface area contributed by atoms with Crippen LogP contribution in [0.1, 0.15) is 25.3 Å². The number of halogens is 1. The van der Waals surface area contributed by atoms with Gasteiger partial charge in [0.1, 0.15) is 11.9 Å². The van der Waals surface area contributed by atoms with Gasteiger partial charge in [0, 0.05) is 32.2 Å². The number of hydrogen-bond donors (Lipinski definition) is 2. The maximum atomic E-state index is 11.8. The first kappa shape index (κ1) is 23.0. The highest BCUT2D eigenvalue weighted by Gasteiger charge is 2.21.